The number of nitrogens with two attached hydrogens (primary N) is 1. The topological polar surface area (TPSA) is 72.2 Å². The Hall–Kier alpha value is -1.79. The molecule has 0 saturated heterocycles. The molecule has 0 bridgehead atoms. The smallest absolute Gasteiger partial charge is 0.244 e. The summed E-state index contributed by atoms with van der Waals surface area (Å²) in [7, 11) is 0. The molecular formula is C18H19BrN2O2S. The van der Waals surface area contributed by atoms with Crippen LogP contribution < -0.4 is 11.1 Å². The van der Waals surface area contributed by atoms with Crippen LogP contribution in [0.4, 0.5) is 0 Å². The lowest BCUT2D eigenvalue weighted by atomic mass is 10.1. The molecule has 0 radical (unpaired) electrons. The van der Waals surface area contributed by atoms with E-state index in [2.05, 4.69) is 21.2 Å². The Balaban J connectivity index is 1.94. The van der Waals surface area contributed by atoms with Gasteiger partial charge in [0.15, 0.2) is 0 Å². The average Bonchev–Trinajstić information content (AvgIpc) is 2.59. The van der Waals surface area contributed by atoms with Crippen molar-refractivity contribution in [1.82, 2.24) is 5.32 Å². The van der Waals surface area contributed by atoms with Gasteiger partial charge in [0.05, 0.1) is 5.25 Å². The first-order chi connectivity index (χ1) is 11.5. The molecule has 3 N–H and O–H groups in total. The van der Waals surface area contributed by atoms with Gasteiger partial charge in [0.2, 0.25) is 11.8 Å². The van der Waals surface area contributed by atoms with E-state index in [-0.39, 0.29) is 11.2 Å². The zero-order chi connectivity index (χ0) is 17.5. The molecule has 0 aromatic heterocycles. The summed E-state index contributed by atoms with van der Waals surface area (Å²) in [6.07, 6.45) is 0. The summed E-state index contributed by atoms with van der Waals surface area (Å²) >= 11 is 4.91. The molecule has 0 fully saturated rings. The molecule has 2 unspecified atom stereocenters. The molecule has 24 heavy (non-hydrogen) atoms. The molecule has 0 aliphatic heterocycles. The minimum absolute atomic E-state index is 0.204. The van der Waals surface area contributed by atoms with Crippen LogP contribution in [0.2, 0.25) is 0 Å². The van der Waals surface area contributed by atoms with Gasteiger partial charge in [0, 0.05) is 10.2 Å². The van der Waals surface area contributed by atoms with Gasteiger partial charge in [-0.15, -0.1) is 11.8 Å². The van der Waals surface area contributed by atoms with Crippen LogP contribution in [0, 0.1) is 0 Å². The second-order valence-corrected chi connectivity index (χ2v) is 7.58. The van der Waals surface area contributed by atoms with Crippen LogP contribution in [0.3, 0.4) is 0 Å². The molecule has 0 heterocycles. The molecule has 2 amide bonds. The molecule has 2 aromatic carbocycles. The van der Waals surface area contributed by atoms with Crippen LogP contribution in [0.5, 0.6) is 0 Å². The Morgan fingerprint density at radius 3 is 2.33 bits per heavy atom. The maximum Gasteiger partial charge on any atom is 0.244 e. The van der Waals surface area contributed by atoms with Crippen molar-refractivity contribution in [3.63, 3.8) is 0 Å². The number of carbonyl (C=O) groups excluding carboxylic acids is 2. The normalized spacial score (nSPS) is 13.1. The van der Waals surface area contributed by atoms with Crippen LogP contribution in [0.25, 0.3) is 0 Å². The van der Waals surface area contributed by atoms with E-state index < -0.39 is 11.9 Å². The fraction of sp³-hybridized carbons (Fsp3) is 0.222. The highest BCUT2D eigenvalue weighted by Crippen LogP contribution is 2.21. The molecule has 0 aliphatic rings. The van der Waals surface area contributed by atoms with E-state index >= 15 is 0 Å². The van der Waals surface area contributed by atoms with E-state index in [9.17, 15) is 9.59 Å². The van der Waals surface area contributed by atoms with Crippen LogP contribution in [0.1, 0.15) is 24.1 Å². The van der Waals surface area contributed by atoms with Gasteiger partial charge in [-0.3, -0.25) is 9.59 Å². The van der Waals surface area contributed by atoms with Crippen LogP contribution in [-0.2, 0) is 15.3 Å². The Morgan fingerprint density at radius 2 is 1.75 bits per heavy atom. The van der Waals surface area contributed by atoms with Gasteiger partial charge in [0.25, 0.3) is 0 Å². The third-order valence-electron chi connectivity index (χ3n) is 3.49. The number of thioether (sulfide) groups is 1. The second-order valence-electron chi connectivity index (χ2n) is 5.33. The fourth-order valence-electron chi connectivity index (χ4n) is 2.10. The predicted molar refractivity (Wildman–Crippen MR) is 101 cm³/mol. The van der Waals surface area contributed by atoms with Crippen molar-refractivity contribution < 1.29 is 9.59 Å². The first-order valence-corrected chi connectivity index (χ1v) is 9.32. The van der Waals surface area contributed by atoms with Crippen molar-refractivity contribution >= 4 is 39.5 Å². The van der Waals surface area contributed by atoms with Crippen LogP contribution in [0.15, 0.2) is 59.1 Å². The standard InChI is InChI=1S/C18H19BrN2O2S/c1-12(24-11-13-7-9-15(19)10-8-13)18(23)21-16(17(20)22)14-5-3-2-4-6-14/h2-10,12,16H,11H2,1H3,(H2,20,22)(H,21,23). The SMILES string of the molecule is CC(SCc1ccc(Br)cc1)C(=O)NC(C(N)=O)c1ccccc1. The summed E-state index contributed by atoms with van der Waals surface area (Å²) in [5.41, 5.74) is 7.25. The zero-order valence-corrected chi connectivity index (χ0v) is 15.6. The Kier molecular flexibility index (Phi) is 6.87. The fourth-order valence-corrected chi connectivity index (χ4v) is 3.22. The van der Waals surface area contributed by atoms with E-state index in [0.29, 0.717) is 11.3 Å². The van der Waals surface area contributed by atoms with Crippen molar-refractivity contribution in [3.8, 4) is 0 Å². The summed E-state index contributed by atoms with van der Waals surface area (Å²) in [5.74, 6) is -0.0570. The summed E-state index contributed by atoms with van der Waals surface area (Å²) in [6, 6.07) is 16.2. The van der Waals surface area contributed by atoms with E-state index in [4.69, 9.17) is 5.73 Å². The maximum absolute atomic E-state index is 12.4. The summed E-state index contributed by atoms with van der Waals surface area (Å²) in [5, 5.41) is 2.44. The van der Waals surface area contributed by atoms with Gasteiger partial charge in [-0.25, -0.2) is 0 Å². The number of hydrogen-bond acceptors (Lipinski definition) is 3. The number of rotatable bonds is 7. The lowest BCUT2D eigenvalue weighted by Gasteiger charge is -2.18. The van der Waals surface area contributed by atoms with Crippen LogP contribution >= 0.6 is 27.7 Å². The number of amides is 2. The highest BCUT2D eigenvalue weighted by molar-refractivity contribution is 9.10. The first kappa shape index (κ1) is 18.5. The minimum atomic E-state index is -0.811. The zero-order valence-electron chi connectivity index (χ0n) is 13.2. The van der Waals surface area contributed by atoms with E-state index in [1.165, 1.54) is 11.8 Å². The second kappa shape index (κ2) is 8.89. The Morgan fingerprint density at radius 1 is 1.12 bits per heavy atom. The van der Waals surface area contributed by atoms with Crippen molar-refractivity contribution in [2.45, 2.75) is 24.0 Å². The lowest BCUT2D eigenvalue weighted by Crippen LogP contribution is -2.40. The van der Waals surface area contributed by atoms with Gasteiger partial charge in [-0.2, -0.15) is 0 Å². The molecule has 0 spiro atoms. The highest BCUT2D eigenvalue weighted by atomic mass is 79.9. The summed E-state index contributed by atoms with van der Waals surface area (Å²) < 4.78 is 1.02. The number of carbonyl (C=O) groups is 2. The van der Waals surface area contributed by atoms with Crippen molar-refractivity contribution in [2.24, 2.45) is 5.73 Å². The maximum atomic E-state index is 12.4. The predicted octanol–water partition coefficient (Wildman–Crippen LogP) is 3.41. The third kappa shape index (κ3) is 5.39. The summed E-state index contributed by atoms with van der Waals surface area (Å²) in [6.45, 7) is 1.82. The minimum Gasteiger partial charge on any atom is -0.368 e. The van der Waals surface area contributed by atoms with Gasteiger partial charge in [-0.05, 0) is 30.2 Å². The number of nitrogens with one attached hydrogen (secondary N) is 1. The molecule has 6 heteroatoms. The molecule has 4 nitrogen and oxygen atoms in total. The lowest BCUT2D eigenvalue weighted by molar-refractivity contribution is -0.127. The van der Waals surface area contributed by atoms with Crippen molar-refractivity contribution in [2.75, 3.05) is 0 Å². The molecule has 126 valence electrons. The molecule has 0 aliphatic carbocycles. The van der Waals surface area contributed by atoms with Gasteiger partial charge < -0.3 is 11.1 Å². The monoisotopic (exact) mass is 406 g/mol. The molecule has 2 aromatic rings. The Bertz CT molecular complexity index is 692. The Labute approximate surface area is 154 Å². The molecule has 2 atom stereocenters. The van der Waals surface area contributed by atoms with E-state index in [1.54, 1.807) is 12.1 Å². The largest absolute Gasteiger partial charge is 0.368 e. The van der Waals surface area contributed by atoms with Gasteiger partial charge in [0.1, 0.15) is 6.04 Å². The number of benzene rings is 2. The molecule has 2 rings (SSSR count). The summed E-state index contributed by atoms with van der Waals surface area (Å²) in [4.78, 5) is 24.0. The number of hydrogen-bond donors (Lipinski definition) is 2. The van der Waals surface area contributed by atoms with E-state index in [0.717, 1.165) is 10.0 Å². The number of halogens is 1. The van der Waals surface area contributed by atoms with Crippen LogP contribution in [-0.4, -0.2) is 17.1 Å². The van der Waals surface area contributed by atoms with Crippen molar-refractivity contribution in [3.05, 3.63) is 70.2 Å². The quantitative estimate of drug-likeness (QED) is 0.739. The highest BCUT2D eigenvalue weighted by Gasteiger charge is 2.23. The average molecular weight is 407 g/mol. The first-order valence-electron chi connectivity index (χ1n) is 7.48. The number of primary amides is 1. The molecule has 0 saturated carbocycles. The van der Waals surface area contributed by atoms with Crippen molar-refractivity contribution in [1.29, 1.82) is 0 Å². The van der Waals surface area contributed by atoms with Gasteiger partial charge in [-0.1, -0.05) is 58.4 Å². The third-order valence-corrected chi connectivity index (χ3v) is 5.23. The molecular weight excluding hydrogens is 388 g/mol. The van der Waals surface area contributed by atoms with Gasteiger partial charge >= 0.3 is 0 Å². The van der Waals surface area contributed by atoms with E-state index in [1.807, 2.05) is 49.4 Å².